The second-order valence-electron chi connectivity index (χ2n) is 6.32. The molecule has 0 radical (unpaired) electrons. The maximum Gasteiger partial charge on any atom is 0.416 e. The molecule has 1 aromatic carbocycles. The van der Waals surface area contributed by atoms with Crippen LogP contribution in [0.25, 0.3) is 5.69 Å². The molecule has 31 heavy (non-hydrogen) atoms. The Kier molecular flexibility index (Phi) is 4.74. The molecule has 2 N–H and O–H groups in total. The van der Waals surface area contributed by atoms with Crippen LogP contribution in [-0.2, 0) is 11.6 Å². The number of hydrogen-bond acceptors (Lipinski definition) is 3. The van der Waals surface area contributed by atoms with Crippen molar-refractivity contribution in [3.63, 3.8) is 0 Å². The predicted octanol–water partition coefficient (Wildman–Crippen LogP) is 5.74. The molecule has 1 aliphatic rings. The largest absolute Gasteiger partial charge is 0.416 e. The molecular weight excluding hydrogens is 497 g/mol. The first-order chi connectivity index (χ1) is 13.9. The van der Waals surface area contributed by atoms with Crippen LogP contribution in [0.2, 0.25) is 10.0 Å². The van der Waals surface area contributed by atoms with Gasteiger partial charge in [-0.15, -0.1) is 0 Å². The van der Waals surface area contributed by atoms with Crippen LogP contribution >= 0.6 is 23.2 Å². The lowest BCUT2D eigenvalue weighted by Gasteiger charge is -2.19. The summed E-state index contributed by atoms with van der Waals surface area (Å²) >= 11 is 11.4. The fourth-order valence-corrected chi connectivity index (χ4v) is 3.86. The zero-order chi connectivity index (χ0) is 23.9. The molecular formula is C15H4Cl2F10N4. The molecule has 16 heteroatoms. The summed E-state index contributed by atoms with van der Waals surface area (Å²) in [5.41, 5.74) is -5.67. The van der Waals surface area contributed by atoms with Gasteiger partial charge in [0, 0.05) is 0 Å². The molecule has 2 aromatic rings. The van der Waals surface area contributed by atoms with Crippen LogP contribution < -0.4 is 5.73 Å². The third-order valence-electron chi connectivity index (χ3n) is 4.66. The molecule has 4 nitrogen and oxygen atoms in total. The summed E-state index contributed by atoms with van der Waals surface area (Å²) < 4.78 is 134. The number of nitrogens with two attached hydrogens (primary N) is 1. The van der Waals surface area contributed by atoms with Gasteiger partial charge < -0.3 is 5.73 Å². The smallest absolute Gasteiger partial charge is 0.383 e. The van der Waals surface area contributed by atoms with Crippen LogP contribution in [0.4, 0.5) is 49.7 Å². The minimum Gasteiger partial charge on any atom is -0.383 e. The first-order valence-electron chi connectivity index (χ1n) is 7.56. The molecule has 0 atom stereocenters. The van der Waals surface area contributed by atoms with Gasteiger partial charge in [-0.05, 0) is 12.1 Å². The zero-order valence-corrected chi connectivity index (χ0v) is 15.6. The first kappa shape index (κ1) is 23.3. The van der Waals surface area contributed by atoms with Gasteiger partial charge in [-0.1, -0.05) is 23.2 Å². The van der Waals surface area contributed by atoms with Gasteiger partial charge in [0.1, 0.15) is 17.6 Å². The van der Waals surface area contributed by atoms with Gasteiger partial charge in [-0.3, -0.25) is 0 Å². The topological polar surface area (TPSA) is 67.6 Å². The second-order valence-corrected chi connectivity index (χ2v) is 7.13. The molecule has 0 aliphatic heterocycles. The summed E-state index contributed by atoms with van der Waals surface area (Å²) in [5.74, 6) is -12.9. The summed E-state index contributed by atoms with van der Waals surface area (Å²) in [6.07, 6.45) is -11.3. The van der Waals surface area contributed by atoms with E-state index in [-0.39, 0.29) is 16.8 Å². The number of alkyl halides is 10. The van der Waals surface area contributed by atoms with Crippen LogP contribution in [-0.4, -0.2) is 27.8 Å². The van der Waals surface area contributed by atoms with Gasteiger partial charge in [0.2, 0.25) is 5.41 Å². The lowest BCUT2D eigenvalue weighted by molar-refractivity contribution is -0.190. The van der Waals surface area contributed by atoms with Gasteiger partial charge in [0.15, 0.2) is 5.69 Å². The quantitative estimate of drug-likeness (QED) is 0.535. The van der Waals surface area contributed by atoms with E-state index in [1.54, 1.807) is 0 Å². The molecule has 1 heterocycles. The van der Waals surface area contributed by atoms with Crippen LogP contribution in [0.3, 0.4) is 0 Å². The minimum atomic E-state index is -6.30. The maximum absolute atomic E-state index is 13.8. The van der Waals surface area contributed by atoms with Crippen LogP contribution in [0.15, 0.2) is 12.1 Å². The van der Waals surface area contributed by atoms with Gasteiger partial charge in [-0.25, -0.2) is 4.68 Å². The van der Waals surface area contributed by atoms with E-state index >= 15 is 0 Å². The van der Waals surface area contributed by atoms with Gasteiger partial charge in [-0.2, -0.15) is 54.3 Å². The normalized spacial score (nSPS) is 19.2. The molecule has 1 aliphatic carbocycles. The lowest BCUT2D eigenvalue weighted by atomic mass is 9.93. The Labute approximate surface area is 174 Å². The van der Waals surface area contributed by atoms with Crippen LogP contribution in [0, 0.1) is 11.3 Å². The highest BCUT2D eigenvalue weighted by atomic mass is 35.5. The van der Waals surface area contributed by atoms with Crippen molar-refractivity contribution in [1.29, 1.82) is 5.26 Å². The average Bonchev–Trinajstić information content (AvgIpc) is 2.81. The van der Waals surface area contributed by atoms with Crippen molar-refractivity contribution in [1.82, 2.24) is 9.78 Å². The number of benzene rings is 1. The van der Waals surface area contributed by atoms with E-state index in [9.17, 15) is 43.9 Å². The Morgan fingerprint density at radius 2 is 1.42 bits per heavy atom. The standard InChI is InChI=1S/C15H4Cl2F10N4/c16-5-1-4(12(18,19)20)2-6(17)9(5)31-10(29)8(7(3-28)30-31)11(15(25,26)27)13(21,22)14(11,23)24/h1-2H,29H2. The molecule has 1 saturated carbocycles. The Balaban J connectivity index is 2.36. The molecule has 0 bridgehead atoms. The molecule has 3 rings (SSSR count). The van der Waals surface area contributed by atoms with Crippen molar-refractivity contribution in [2.75, 3.05) is 5.73 Å². The molecule has 1 fully saturated rings. The first-order valence-corrected chi connectivity index (χ1v) is 8.31. The Morgan fingerprint density at radius 1 is 0.968 bits per heavy atom. The van der Waals surface area contributed by atoms with Crippen molar-refractivity contribution in [2.45, 2.75) is 29.6 Å². The Bertz CT molecular complexity index is 1090. The third-order valence-corrected chi connectivity index (χ3v) is 5.23. The number of nitriles is 1. The van der Waals surface area contributed by atoms with E-state index in [0.29, 0.717) is 0 Å². The van der Waals surface area contributed by atoms with Gasteiger partial charge >= 0.3 is 24.2 Å². The lowest BCUT2D eigenvalue weighted by Crippen LogP contribution is -2.38. The third kappa shape index (κ3) is 2.72. The maximum atomic E-state index is 13.8. The van der Waals surface area contributed by atoms with Crippen molar-refractivity contribution < 1.29 is 43.9 Å². The molecule has 168 valence electrons. The summed E-state index contributed by atoms with van der Waals surface area (Å²) in [5, 5.41) is 10.4. The summed E-state index contributed by atoms with van der Waals surface area (Å²) in [6, 6.07) is 1.47. The van der Waals surface area contributed by atoms with E-state index in [1.807, 2.05) is 0 Å². The number of anilines is 1. The number of nitrogen functional groups attached to an aromatic ring is 1. The number of aromatic nitrogens is 2. The SMILES string of the molecule is N#Cc1nn(-c2c(Cl)cc(C(F)(F)F)cc2Cl)c(N)c1C1(C(F)(F)F)C(F)(F)C1(F)F. The average molecular weight is 501 g/mol. The van der Waals surface area contributed by atoms with Crippen molar-refractivity contribution in [3.8, 4) is 11.8 Å². The summed E-state index contributed by atoms with van der Waals surface area (Å²) in [7, 11) is 0. The molecule has 0 spiro atoms. The number of nitrogens with zero attached hydrogens (tertiary/aromatic N) is 3. The summed E-state index contributed by atoms with van der Waals surface area (Å²) in [4.78, 5) is 0. The van der Waals surface area contributed by atoms with E-state index in [2.05, 4.69) is 5.10 Å². The molecule has 0 saturated heterocycles. The highest BCUT2D eigenvalue weighted by Gasteiger charge is 3.06. The fourth-order valence-electron chi connectivity index (χ4n) is 3.21. The molecule has 0 unspecified atom stereocenters. The Morgan fingerprint density at radius 3 is 1.74 bits per heavy atom. The van der Waals surface area contributed by atoms with Crippen molar-refractivity contribution in [3.05, 3.63) is 39.0 Å². The second kappa shape index (κ2) is 6.32. The Hall–Kier alpha value is -2.40. The van der Waals surface area contributed by atoms with E-state index in [0.717, 1.165) is 6.07 Å². The minimum absolute atomic E-state index is 0.0245. The van der Waals surface area contributed by atoms with Crippen molar-refractivity contribution in [2.24, 2.45) is 0 Å². The predicted molar refractivity (Wildman–Crippen MR) is 85.3 cm³/mol. The number of hydrogen-bond donors (Lipinski definition) is 1. The van der Waals surface area contributed by atoms with Gasteiger partial charge in [0.25, 0.3) is 0 Å². The molecule has 0 amide bonds. The van der Waals surface area contributed by atoms with E-state index < -0.39 is 68.0 Å². The number of halogens is 12. The van der Waals surface area contributed by atoms with E-state index in [4.69, 9.17) is 34.2 Å². The molecule has 1 aromatic heterocycles. The summed E-state index contributed by atoms with van der Waals surface area (Å²) in [6.45, 7) is 0. The van der Waals surface area contributed by atoms with Gasteiger partial charge in [0.05, 0.1) is 21.2 Å². The fraction of sp³-hybridized carbons (Fsp3) is 0.333. The van der Waals surface area contributed by atoms with Crippen molar-refractivity contribution >= 4 is 29.0 Å². The highest BCUT2D eigenvalue weighted by Crippen LogP contribution is 2.79. The highest BCUT2D eigenvalue weighted by molar-refractivity contribution is 6.38. The monoisotopic (exact) mass is 500 g/mol. The van der Waals surface area contributed by atoms with Crippen LogP contribution in [0.1, 0.15) is 16.8 Å². The van der Waals surface area contributed by atoms with Crippen LogP contribution in [0.5, 0.6) is 0 Å². The van der Waals surface area contributed by atoms with E-state index in [1.165, 1.54) is 0 Å². The zero-order valence-electron chi connectivity index (χ0n) is 14.1. The number of rotatable bonds is 2.